The normalized spacial score (nSPS) is 10.8. The summed E-state index contributed by atoms with van der Waals surface area (Å²) in [4.78, 5) is 4.36. The fourth-order valence-corrected chi connectivity index (χ4v) is 1.77. The van der Waals surface area contributed by atoms with Crippen molar-refractivity contribution >= 4 is 11.8 Å². The van der Waals surface area contributed by atoms with Gasteiger partial charge in [0.05, 0.1) is 5.03 Å². The Morgan fingerprint density at radius 1 is 1.46 bits per heavy atom. The Morgan fingerprint density at radius 3 is 2.69 bits per heavy atom. The van der Waals surface area contributed by atoms with Crippen LogP contribution in [0.4, 0.5) is 0 Å². The van der Waals surface area contributed by atoms with E-state index in [4.69, 9.17) is 0 Å². The molecule has 1 heterocycles. The van der Waals surface area contributed by atoms with Gasteiger partial charge in [-0.15, -0.1) is 11.8 Å². The van der Waals surface area contributed by atoms with Crippen molar-refractivity contribution in [2.24, 2.45) is 0 Å². The van der Waals surface area contributed by atoms with E-state index in [2.05, 4.69) is 36.3 Å². The van der Waals surface area contributed by atoms with E-state index in [1.165, 1.54) is 5.56 Å². The van der Waals surface area contributed by atoms with Crippen LogP contribution in [-0.2, 0) is 6.54 Å². The summed E-state index contributed by atoms with van der Waals surface area (Å²) in [6.45, 7) is 5.24. The van der Waals surface area contributed by atoms with Crippen molar-refractivity contribution in [3.05, 3.63) is 23.9 Å². The average molecular weight is 196 g/mol. The van der Waals surface area contributed by atoms with Crippen LogP contribution in [0.1, 0.15) is 19.4 Å². The Kier molecular flexibility index (Phi) is 4.25. The summed E-state index contributed by atoms with van der Waals surface area (Å²) in [5.41, 5.74) is 1.23. The first-order chi connectivity index (χ1) is 6.22. The van der Waals surface area contributed by atoms with Crippen LogP contribution >= 0.6 is 11.8 Å². The molecule has 0 amide bonds. The number of nitrogens with zero attached hydrogens (tertiary/aromatic N) is 1. The molecule has 0 atom stereocenters. The summed E-state index contributed by atoms with van der Waals surface area (Å²) in [6, 6.07) is 4.20. The maximum atomic E-state index is 4.36. The van der Waals surface area contributed by atoms with Crippen LogP contribution < -0.4 is 5.32 Å². The minimum absolute atomic E-state index is 0.600. The Hall–Kier alpha value is -0.540. The molecule has 0 saturated carbocycles. The van der Waals surface area contributed by atoms with E-state index in [-0.39, 0.29) is 0 Å². The van der Waals surface area contributed by atoms with E-state index in [0.717, 1.165) is 11.6 Å². The van der Waals surface area contributed by atoms with Crippen molar-refractivity contribution in [2.75, 3.05) is 7.05 Å². The van der Waals surface area contributed by atoms with E-state index in [9.17, 15) is 0 Å². The van der Waals surface area contributed by atoms with Gasteiger partial charge in [0.2, 0.25) is 0 Å². The van der Waals surface area contributed by atoms with Crippen LogP contribution in [0.15, 0.2) is 23.4 Å². The summed E-state index contributed by atoms with van der Waals surface area (Å²) in [5.74, 6) is 0. The highest BCUT2D eigenvalue weighted by Gasteiger charge is 1.99. The SMILES string of the molecule is CNCc1ccc(SC(C)C)nc1. The van der Waals surface area contributed by atoms with E-state index in [0.29, 0.717) is 5.25 Å². The average Bonchev–Trinajstić information content (AvgIpc) is 2.08. The molecule has 1 aromatic rings. The highest BCUT2D eigenvalue weighted by Crippen LogP contribution is 2.20. The first-order valence-electron chi connectivity index (χ1n) is 4.48. The van der Waals surface area contributed by atoms with Crippen LogP contribution in [0.25, 0.3) is 0 Å². The molecule has 0 aliphatic rings. The van der Waals surface area contributed by atoms with Gasteiger partial charge in [-0.05, 0) is 18.7 Å². The fourth-order valence-electron chi connectivity index (χ4n) is 1.03. The molecule has 0 saturated heterocycles. The standard InChI is InChI=1S/C10H16N2S/c1-8(2)13-10-5-4-9(6-11-3)7-12-10/h4-5,7-8,11H,6H2,1-3H3. The Bertz CT molecular complexity index is 244. The van der Waals surface area contributed by atoms with Crippen LogP contribution in [0, 0.1) is 0 Å². The molecule has 72 valence electrons. The second-order valence-corrected chi connectivity index (χ2v) is 4.80. The Balaban J connectivity index is 2.59. The number of hydrogen-bond donors (Lipinski definition) is 1. The molecule has 0 fully saturated rings. The highest BCUT2D eigenvalue weighted by atomic mass is 32.2. The number of nitrogens with one attached hydrogen (secondary N) is 1. The van der Waals surface area contributed by atoms with E-state index in [1.54, 1.807) is 11.8 Å². The van der Waals surface area contributed by atoms with Crippen molar-refractivity contribution < 1.29 is 0 Å². The highest BCUT2D eigenvalue weighted by molar-refractivity contribution is 7.99. The molecule has 0 aliphatic heterocycles. The van der Waals surface area contributed by atoms with Gasteiger partial charge in [-0.3, -0.25) is 0 Å². The number of aromatic nitrogens is 1. The largest absolute Gasteiger partial charge is 0.316 e. The molecular formula is C10H16N2S. The maximum Gasteiger partial charge on any atom is 0.0962 e. The predicted octanol–water partition coefficient (Wildman–Crippen LogP) is 2.30. The summed E-state index contributed by atoms with van der Waals surface area (Å²) in [5, 5.41) is 4.80. The summed E-state index contributed by atoms with van der Waals surface area (Å²) >= 11 is 1.79. The molecule has 0 aromatic carbocycles. The van der Waals surface area contributed by atoms with Gasteiger partial charge in [0.25, 0.3) is 0 Å². The van der Waals surface area contributed by atoms with Gasteiger partial charge < -0.3 is 5.32 Å². The monoisotopic (exact) mass is 196 g/mol. The minimum Gasteiger partial charge on any atom is -0.316 e. The third-order valence-electron chi connectivity index (χ3n) is 1.53. The van der Waals surface area contributed by atoms with Gasteiger partial charge in [0.1, 0.15) is 0 Å². The van der Waals surface area contributed by atoms with Gasteiger partial charge in [-0.25, -0.2) is 4.98 Å². The summed E-state index contributed by atoms with van der Waals surface area (Å²) in [6.07, 6.45) is 1.93. The van der Waals surface area contributed by atoms with Gasteiger partial charge in [-0.1, -0.05) is 19.9 Å². The minimum atomic E-state index is 0.600. The molecule has 1 aromatic heterocycles. The van der Waals surface area contributed by atoms with Crippen LogP contribution in [0.3, 0.4) is 0 Å². The molecule has 1 N–H and O–H groups in total. The molecule has 1 rings (SSSR count). The van der Waals surface area contributed by atoms with E-state index >= 15 is 0 Å². The Morgan fingerprint density at radius 2 is 2.23 bits per heavy atom. The van der Waals surface area contributed by atoms with Crippen molar-refractivity contribution in [3.8, 4) is 0 Å². The van der Waals surface area contributed by atoms with Gasteiger partial charge >= 0.3 is 0 Å². The lowest BCUT2D eigenvalue weighted by Gasteiger charge is -2.04. The van der Waals surface area contributed by atoms with Crippen LogP contribution in [-0.4, -0.2) is 17.3 Å². The van der Waals surface area contributed by atoms with Crippen LogP contribution in [0.2, 0.25) is 0 Å². The van der Waals surface area contributed by atoms with Gasteiger partial charge in [0, 0.05) is 18.0 Å². The third kappa shape index (κ3) is 3.79. The number of thioether (sulfide) groups is 1. The van der Waals surface area contributed by atoms with E-state index in [1.807, 2.05) is 13.2 Å². The predicted molar refractivity (Wildman–Crippen MR) is 58.0 cm³/mol. The maximum absolute atomic E-state index is 4.36. The second kappa shape index (κ2) is 5.25. The zero-order valence-electron chi connectivity index (χ0n) is 8.37. The Labute approximate surface area is 84.1 Å². The van der Waals surface area contributed by atoms with Gasteiger partial charge in [-0.2, -0.15) is 0 Å². The number of hydrogen-bond acceptors (Lipinski definition) is 3. The molecule has 0 radical (unpaired) electrons. The molecular weight excluding hydrogens is 180 g/mol. The zero-order valence-corrected chi connectivity index (χ0v) is 9.19. The molecule has 2 nitrogen and oxygen atoms in total. The first-order valence-corrected chi connectivity index (χ1v) is 5.36. The lowest BCUT2D eigenvalue weighted by molar-refractivity contribution is 0.809. The lowest BCUT2D eigenvalue weighted by Crippen LogP contribution is -2.05. The summed E-state index contributed by atoms with van der Waals surface area (Å²) in [7, 11) is 1.94. The quantitative estimate of drug-likeness (QED) is 0.748. The molecule has 13 heavy (non-hydrogen) atoms. The molecule has 3 heteroatoms. The van der Waals surface area contributed by atoms with Crippen LogP contribution in [0.5, 0.6) is 0 Å². The zero-order chi connectivity index (χ0) is 9.68. The van der Waals surface area contributed by atoms with Gasteiger partial charge in [0.15, 0.2) is 0 Å². The number of rotatable bonds is 4. The second-order valence-electron chi connectivity index (χ2n) is 3.20. The summed E-state index contributed by atoms with van der Waals surface area (Å²) < 4.78 is 0. The van der Waals surface area contributed by atoms with E-state index < -0.39 is 0 Å². The molecule has 0 bridgehead atoms. The lowest BCUT2D eigenvalue weighted by atomic mass is 10.3. The van der Waals surface area contributed by atoms with Crippen molar-refractivity contribution in [1.29, 1.82) is 0 Å². The van der Waals surface area contributed by atoms with Crippen molar-refractivity contribution in [2.45, 2.75) is 30.7 Å². The topological polar surface area (TPSA) is 24.9 Å². The first kappa shape index (κ1) is 10.5. The molecule has 0 spiro atoms. The fraction of sp³-hybridized carbons (Fsp3) is 0.500. The van der Waals surface area contributed by atoms with Crippen molar-refractivity contribution in [3.63, 3.8) is 0 Å². The third-order valence-corrected chi connectivity index (χ3v) is 2.49. The molecule has 0 aliphatic carbocycles. The molecule has 0 unspecified atom stereocenters. The smallest absolute Gasteiger partial charge is 0.0962 e. The number of pyridine rings is 1. The van der Waals surface area contributed by atoms with Crippen molar-refractivity contribution in [1.82, 2.24) is 10.3 Å².